The van der Waals surface area contributed by atoms with E-state index in [0.29, 0.717) is 29.5 Å². The summed E-state index contributed by atoms with van der Waals surface area (Å²) >= 11 is 0. The minimum absolute atomic E-state index is 0.0579. The summed E-state index contributed by atoms with van der Waals surface area (Å²) in [4.78, 5) is 27.8. The molecule has 0 aromatic heterocycles. The minimum atomic E-state index is -3.62. The van der Waals surface area contributed by atoms with Crippen LogP contribution < -0.4 is 23.8 Å². The molecule has 0 radical (unpaired) electrons. The molecule has 1 heterocycles. The fourth-order valence-electron chi connectivity index (χ4n) is 4.05. The van der Waals surface area contributed by atoms with Gasteiger partial charge in [0.1, 0.15) is 11.8 Å². The molecule has 0 fully saturated rings. The van der Waals surface area contributed by atoms with Crippen LogP contribution in [-0.4, -0.2) is 64.4 Å². The predicted octanol–water partition coefficient (Wildman–Crippen LogP) is 3.16. The van der Waals surface area contributed by atoms with Gasteiger partial charge in [0.25, 0.3) is 0 Å². The summed E-state index contributed by atoms with van der Waals surface area (Å²) in [7, 11) is -2.05. The molecule has 3 rings (SSSR count). The summed E-state index contributed by atoms with van der Waals surface area (Å²) in [5, 5.41) is 2.89. The third kappa shape index (κ3) is 7.77. The molecule has 0 unspecified atom stereocenters. The standard InChI is InChI=1S/C27H37N3O7S/c1-19(2)16-28-27(32)20(3)29(17-21-8-6-9-23(14-21)35-4)26(31)10-7-13-30(38(5,33)34)22-11-12-24-25(15-22)37-18-36-24/h6,8-9,11-12,14-15,19-20H,7,10,13,16-18H2,1-5H3,(H,28,32)/t20-/m0/s1. The fraction of sp³-hybridized carbons (Fsp3) is 0.481. The van der Waals surface area contributed by atoms with Crippen molar-refractivity contribution < 1.29 is 32.2 Å². The summed E-state index contributed by atoms with van der Waals surface area (Å²) in [6.07, 6.45) is 1.44. The van der Waals surface area contributed by atoms with Crippen LogP contribution in [0.2, 0.25) is 0 Å². The average molecular weight is 548 g/mol. The summed E-state index contributed by atoms with van der Waals surface area (Å²) in [5.74, 6) is 1.45. The first-order valence-electron chi connectivity index (χ1n) is 12.6. The van der Waals surface area contributed by atoms with E-state index < -0.39 is 16.1 Å². The van der Waals surface area contributed by atoms with E-state index >= 15 is 0 Å². The van der Waals surface area contributed by atoms with Gasteiger partial charge in [0.2, 0.25) is 28.6 Å². The van der Waals surface area contributed by atoms with Gasteiger partial charge in [0, 0.05) is 32.1 Å². The molecule has 0 saturated heterocycles. The predicted molar refractivity (Wildman–Crippen MR) is 145 cm³/mol. The number of nitrogens with zero attached hydrogens (tertiary/aromatic N) is 2. The van der Waals surface area contributed by atoms with E-state index in [1.807, 2.05) is 38.1 Å². The summed E-state index contributed by atoms with van der Waals surface area (Å²) in [6.45, 7) is 6.58. The van der Waals surface area contributed by atoms with E-state index in [1.165, 1.54) is 9.21 Å². The lowest BCUT2D eigenvalue weighted by Crippen LogP contribution is -2.48. The van der Waals surface area contributed by atoms with Crippen molar-refractivity contribution in [3.63, 3.8) is 0 Å². The normalized spacial score (nSPS) is 13.2. The second kappa shape index (κ2) is 12.9. The Labute approximate surface area is 224 Å². The number of carbonyl (C=O) groups excluding carboxylic acids is 2. The zero-order chi connectivity index (χ0) is 27.9. The van der Waals surface area contributed by atoms with Crippen LogP contribution >= 0.6 is 0 Å². The lowest BCUT2D eigenvalue weighted by Gasteiger charge is -2.30. The van der Waals surface area contributed by atoms with Crippen molar-refractivity contribution in [1.82, 2.24) is 10.2 Å². The Morgan fingerprint density at radius 3 is 2.50 bits per heavy atom. The fourth-order valence-corrected chi connectivity index (χ4v) is 5.00. The molecule has 2 amide bonds. The number of benzene rings is 2. The summed E-state index contributed by atoms with van der Waals surface area (Å²) in [5.41, 5.74) is 1.25. The number of fused-ring (bicyclic) bond motifs is 1. The van der Waals surface area contributed by atoms with Crippen LogP contribution in [0.1, 0.15) is 39.2 Å². The SMILES string of the molecule is COc1cccc(CN(C(=O)CCCN(c2ccc3c(c2)OCO3)S(C)(=O)=O)[C@@H](C)C(=O)NCC(C)C)c1. The molecule has 1 atom stereocenters. The van der Waals surface area contributed by atoms with Gasteiger partial charge in [-0.15, -0.1) is 0 Å². The van der Waals surface area contributed by atoms with Crippen LogP contribution in [0, 0.1) is 5.92 Å². The van der Waals surface area contributed by atoms with Gasteiger partial charge in [0.15, 0.2) is 11.5 Å². The van der Waals surface area contributed by atoms with E-state index in [9.17, 15) is 18.0 Å². The maximum atomic E-state index is 13.4. The van der Waals surface area contributed by atoms with E-state index in [2.05, 4.69) is 5.32 Å². The third-order valence-corrected chi connectivity index (χ3v) is 7.33. The van der Waals surface area contributed by atoms with Crippen molar-refractivity contribution in [2.24, 2.45) is 5.92 Å². The van der Waals surface area contributed by atoms with Gasteiger partial charge in [0.05, 0.1) is 19.1 Å². The van der Waals surface area contributed by atoms with Gasteiger partial charge < -0.3 is 24.4 Å². The van der Waals surface area contributed by atoms with Crippen molar-refractivity contribution in [1.29, 1.82) is 0 Å². The Balaban J connectivity index is 1.73. The van der Waals surface area contributed by atoms with E-state index in [0.717, 1.165) is 11.8 Å². The van der Waals surface area contributed by atoms with Crippen molar-refractivity contribution >= 4 is 27.5 Å². The Bertz CT molecular complexity index is 1230. The molecule has 0 aliphatic carbocycles. The van der Waals surface area contributed by atoms with E-state index in [1.54, 1.807) is 32.2 Å². The lowest BCUT2D eigenvalue weighted by molar-refractivity contribution is -0.140. The molecule has 2 aromatic rings. The molecule has 11 heteroatoms. The Morgan fingerprint density at radius 1 is 1.08 bits per heavy atom. The van der Waals surface area contributed by atoms with Crippen LogP contribution in [-0.2, 0) is 26.2 Å². The minimum Gasteiger partial charge on any atom is -0.497 e. The quantitative estimate of drug-likeness (QED) is 0.410. The molecule has 1 N–H and O–H groups in total. The van der Waals surface area contributed by atoms with Gasteiger partial charge >= 0.3 is 0 Å². The van der Waals surface area contributed by atoms with Crippen molar-refractivity contribution in [3.8, 4) is 17.2 Å². The highest BCUT2D eigenvalue weighted by molar-refractivity contribution is 7.92. The molecule has 0 saturated carbocycles. The summed E-state index contributed by atoms with van der Waals surface area (Å²) < 4.78 is 42.4. The van der Waals surface area contributed by atoms with Crippen LogP contribution in [0.5, 0.6) is 17.2 Å². The highest BCUT2D eigenvalue weighted by Crippen LogP contribution is 2.36. The van der Waals surface area contributed by atoms with Crippen LogP contribution in [0.3, 0.4) is 0 Å². The molecular formula is C27H37N3O7S. The van der Waals surface area contributed by atoms with Crippen molar-refractivity contribution in [3.05, 3.63) is 48.0 Å². The molecule has 0 spiro atoms. The number of ether oxygens (including phenoxy) is 3. The number of amides is 2. The van der Waals surface area contributed by atoms with Gasteiger partial charge in [-0.1, -0.05) is 26.0 Å². The monoisotopic (exact) mass is 547 g/mol. The molecule has 38 heavy (non-hydrogen) atoms. The van der Waals surface area contributed by atoms with Crippen LogP contribution in [0.25, 0.3) is 0 Å². The highest BCUT2D eigenvalue weighted by atomic mass is 32.2. The van der Waals surface area contributed by atoms with Crippen molar-refractivity contribution in [2.45, 2.75) is 46.2 Å². The average Bonchev–Trinajstić information content (AvgIpc) is 3.35. The zero-order valence-corrected chi connectivity index (χ0v) is 23.4. The topological polar surface area (TPSA) is 114 Å². The first kappa shape index (κ1) is 29.1. The summed E-state index contributed by atoms with van der Waals surface area (Å²) in [6, 6.07) is 11.5. The number of anilines is 1. The number of rotatable bonds is 13. The number of hydrogen-bond donors (Lipinski definition) is 1. The third-order valence-electron chi connectivity index (χ3n) is 6.14. The van der Waals surface area contributed by atoms with Crippen molar-refractivity contribution in [2.75, 3.05) is 37.6 Å². The van der Waals surface area contributed by atoms with E-state index in [-0.39, 0.29) is 50.5 Å². The smallest absolute Gasteiger partial charge is 0.242 e. The molecule has 0 bridgehead atoms. The number of carbonyl (C=O) groups is 2. The lowest BCUT2D eigenvalue weighted by atomic mass is 10.1. The molecule has 208 valence electrons. The van der Waals surface area contributed by atoms with Gasteiger partial charge in [-0.05, 0) is 49.1 Å². The molecular weight excluding hydrogens is 510 g/mol. The number of methoxy groups -OCH3 is 1. The maximum absolute atomic E-state index is 13.4. The second-order valence-corrected chi connectivity index (χ2v) is 11.6. The number of sulfonamides is 1. The number of hydrogen-bond acceptors (Lipinski definition) is 7. The number of nitrogens with one attached hydrogen (secondary N) is 1. The van der Waals surface area contributed by atoms with Gasteiger partial charge in [-0.3, -0.25) is 13.9 Å². The van der Waals surface area contributed by atoms with Crippen LogP contribution in [0.15, 0.2) is 42.5 Å². The van der Waals surface area contributed by atoms with E-state index in [4.69, 9.17) is 14.2 Å². The molecule has 1 aliphatic heterocycles. The Kier molecular flexibility index (Phi) is 9.84. The molecule has 1 aliphatic rings. The maximum Gasteiger partial charge on any atom is 0.242 e. The first-order valence-corrected chi connectivity index (χ1v) is 14.4. The Hall–Kier alpha value is -3.47. The van der Waals surface area contributed by atoms with Gasteiger partial charge in [-0.2, -0.15) is 0 Å². The van der Waals surface area contributed by atoms with Gasteiger partial charge in [-0.25, -0.2) is 8.42 Å². The molecule has 10 nitrogen and oxygen atoms in total. The highest BCUT2D eigenvalue weighted by Gasteiger charge is 2.27. The zero-order valence-electron chi connectivity index (χ0n) is 22.6. The van der Waals surface area contributed by atoms with Crippen LogP contribution in [0.4, 0.5) is 5.69 Å². The molecule has 2 aromatic carbocycles. The Morgan fingerprint density at radius 2 is 1.82 bits per heavy atom. The second-order valence-electron chi connectivity index (χ2n) is 9.66. The first-order chi connectivity index (χ1) is 18.0. The largest absolute Gasteiger partial charge is 0.497 e.